The molecule has 1 N–H and O–H groups in total. The molecule has 0 fully saturated rings. The summed E-state index contributed by atoms with van der Waals surface area (Å²) in [4.78, 5) is 2.50. The summed E-state index contributed by atoms with van der Waals surface area (Å²) in [6.07, 6.45) is 4.99. The van der Waals surface area contributed by atoms with Crippen LogP contribution in [0.4, 0.5) is 0 Å². The second kappa shape index (κ2) is 7.74. The van der Waals surface area contributed by atoms with Crippen LogP contribution >= 0.6 is 0 Å². The van der Waals surface area contributed by atoms with Crippen LogP contribution in [0.25, 0.3) is 5.57 Å². The van der Waals surface area contributed by atoms with E-state index in [2.05, 4.69) is 54.1 Å². The van der Waals surface area contributed by atoms with Gasteiger partial charge in [-0.3, -0.25) is 0 Å². The maximum atomic E-state index is 12.2. The van der Waals surface area contributed by atoms with Gasteiger partial charge in [-0.2, -0.15) is 0 Å². The Morgan fingerprint density at radius 3 is 2.46 bits per heavy atom. The van der Waals surface area contributed by atoms with Gasteiger partial charge in [-0.1, -0.05) is 36.4 Å². The Morgan fingerprint density at radius 2 is 1.73 bits per heavy atom. The Balaban J connectivity index is 2.11. The predicted octanol–water partition coefficient (Wildman–Crippen LogP) is 3.08. The molecule has 0 aliphatic heterocycles. The fourth-order valence-corrected chi connectivity index (χ4v) is 4.21. The Labute approximate surface area is 156 Å². The minimum absolute atomic E-state index is 0.331. The van der Waals surface area contributed by atoms with E-state index in [1.807, 2.05) is 12.1 Å². The van der Waals surface area contributed by atoms with Gasteiger partial charge in [0.25, 0.3) is 0 Å². The zero-order chi connectivity index (χ0) is 18.7. The number of fused-ring (bicyclic) bond motifs is 2. The van der Waals surface area contributed by atoms with Crippen molar-refractivity contribution in [3.05, 3.63) is 70.8 Å². The molecule has 0 heterocycles. The number of nitrogens with one attached hydrogen (secondary N) is 1. The SMILES string of the molecule is CNS(=O)(=O)c1ccc2c(c1)CCc1ccccc1/C2=C/CCN(C)C. The van der Waals surface area contributed by atoms with Crippen LogP contribution in [0.5, 0.6) is 0 Å². The monoisotopic (exact) mass is 370 g/mol. The summed E-state index contributed by atoms with van der Waals surface area (Å²) >= 11 is 0. The van der Waals surface area contributed by atoms with E-state index < -0.39 is 10.0 Å². The molecule has 0 amide bonds. The molecule has 0 unspecified atom stereocenters. The summed E-state index contributed by atoms with van der Waals surface area (Å²) in [6.45, 7) is 0.979. The van der Waals surface area contributed by atoms with Crippen molar-refractivity contribution in [2.45, 2.75) is 24.2 Å². The average Bonchev–Trinajstić information content (AvgIpc) is 2.78. The molecule has 1 aliphatic rings. The van der Waals surface area contributed by atoms with Gasteiger partial charge in [0.1, 0.15) is 0 Å². The van der Waals surface area contributed by atoms with Gasteiger partial charge in [-0.25, -0.2) is 13.1 Å². The molecule has 0 bridgehead atoms. The highest BCUT2D eigenvalue weighted by atomic mass is 32.2. The Morgan fingerprint density at radius 1 is 1.04 bits per heavy atom. The maximum absolute atomic E-state index is 12.2. The Kier molecular flexibility index (Phi) is 5.61. The minimum Gasteiger partial charge on any atom is -0.309 e. The summed E-state index contributed by atoms with van der Waals surface area (Å²) in [7, 11) is 2.16. The van der Waals surface area contributed by atoms with E-state index >= 15 is 0 Å². The van der Waals surface area contributed by atoms with E-state index in [4.69, 9.17) is 0 Å². The lowest BCUT2D eigenvalue weighted by Crippen LogP contribution is -2.18. The van der Waals surface area contributed by atoms with E-state index in [9.17, 15) is 8.42 Å². The van der Waals surface area contributed by atoms with Gasteiger partial charge in [0, 0.05) is 6.54 Å². The third-order valence-electron chi connectivity index (χ3n) is 4.84. The number of benzene rings is 2. The van der Waals surface area contributed by atoms with E-state index in [0.717, 1.165) is 36.9 Å². The predicted molar refractivity (Wildman–Crippen MR) is 107 cm³/mol. The molecule has 3 rings (SSSR count). The van der Waals surface area contributed by atoms with Gasteiger partial charge in [-0.05, 0) is 80.4 Å². The normalized spacial score (nSPS) is 15.6. The summed E-state index contributed by atoms with van der Waals surface area (Å²) in [5, 5.41) is 0. The molecule has 26 heavy (non-hydrogen) atoms. The lowest BCUT2D eigenvalue weighted by molar-refractivity contribution is 0.417. The topological polar surface area (TPSA) is 49.4 Å². The molecule has 0 radical (unpaired) electrons. The number of hydrogen-bond acceptors (Lipinski definition) is 3. The Bertz CT molecular complexity index is 931. The lowest BCUT2D eigenvalue weighted by Gasteiger charge is -2.14. The summed E-state index contributed by atoms with van der Waals surface area (Å²) in [5.41, 5.74) is 6.02. The highest BCUT2D eigenvalue weighted by Gasteiger charge is 2.20. The maximum Gasteiger partial charge on any atom is 0.240 e. The van der Waals surface area contributed by atoms with Crippen LogP contribution < -0.4 is 4.72 Å². The fraction of sp³-hybridized carbons (Fsp3) is 0.333. The zero-order valence-electron chi connectivity index (χ0n) is 15.6. The van der Waals surface area contributed by atoms with Crippen LogP contribution in [0.1, 0.15) is 28.7 Å². The number of sulfonamides is 1. The van der Waals surface area contributed by atoms with Crippen LogP contribution in [0.3, 0.4) is 0 Å². The molecule has 138 valence electrons. The molecule has 5 heteroatoms. The van der Waals surface area contributed by atoms with E-state index in [-0.39, 0.29) is 0 Å². The number of nitrogens with zero attached hydrogens (tertiary/aromatic N) is 1. The van der Waals surface area contributed by atoms with E-state index in [0.29, 0.717) is 4.90 Å². The third-order valence-corrected chi connectivity index (χ3v) is 6.25. The largest absolute Gasteiger partial charge is 0.309 e. The van der Waals surface area contributed by atoms with Crippen LogP contribution in [-0.2, 0) is 22.9 Å². The minimum atomic E-state index is -3.43. The third kappa shape index (κ3) is 3.90. The summed E-state index contributed by atoms with van der Waals surface area (Å²) < 4.78 is 26.8. The highest BCUT2D eigenvalue weighted by Crippen LogP contribution is 2.34. The van der Waals surface area contributed by atoms with Crippen LogP contribution in [-0.4, -0.2) is 41.0 Å². The van der Waals surface area contributed by atoms with Crippen LogP contribution in [0.2, 0.25) is 0 Å². The van der Waals surface area contributed by atoms with Gasteiger partial charge in [0.2, 0.25) is 10.0 Å². The first-order valence-corrected chi connectivity index (χ1v) is 10.4. The van der Waals surface area contributed by atoms with Gasteiger partial charge in [0.15, 0.2) is 0 Å². The van der Waals surface area contributed by atoms with E-state index in [1.54, 1.807) is 6.07 Å². The second-order valence-corrected chi connectivity index (χ2v) is 8.78. The Hall–Kier alpha value is -1.95. The molecule has 0 atom stereocenters. The molecule has 0 aromatic heterocycles. The van der Waals surface area contributed by atoms with E-state index in [1.165, 1.54) is 23.7 Å². The number of rotatable bonds is 5. The molecule has 2 aromatic rings. The smallest absolute Gasteiger partial charge is 0.240 e. The van der Waals surface area contributed by atoms with Crippen LogP contribution in [0.15, 0.2) is 53.4 Å². The van der Waals surface area contributed by atoms with Crippen molar-refractivity contribution < 1.29 is 8.42 Å². The van der Waals surface area contributed by atoms with Crippen molar-refractivity contribution in [1.82, 2.24) is 9.62 Å². The van der Waals surface area contributed by atoms with Crippen molar-refractivity contribution in [2.75, 3.05) is 27.7 Å². The highest BCUT2D eigenvalue weighted by molar-refractivity contribution is 7.89. The second-order valence-electron chi connectivity index (χ2n) is 6.89. The van der Waals surface area contributed by atoms with Crippen molar-refractivity contribution in [2.24, 2.45) is 0 Å². The van der Waals surface area contributed by atoms with Gasteiger partial charge in [-0.15, -0.1) is 0 Å². The van der Waals surface area contributed by atoms with Gasteiger partial charge >= 0.3 is 0 Å². The van der Waals surface area contributed by atoms with Crippen LogP contribution in [0, 0.1) is 0 Å². The van der Waals surface area contributed by atoms with Gasteiger partial charge in [0.05, 0.1) is 4.90 Å². The first kappa shape index (κ1) is 18.8. The average molecular weight is 371 g/mol. The van der Waals surface area contributed by atoms with Crippen molar-refractivity contribution in [1.29, 1.82) is 0 Å². The summed E-state index contributed by atoms with van der Waals surface area (Å²) in [6, 6.07) is 14.0. The zero-order valence-corrected chi connectivity index (χ0v) is 16.4. The fourth-order valence-electron chi connectivity index (χ4n) is 3.43. The molecule has 0 saturated carbocycles. The number of hydrogen-bond donors (Lipinski definition) is 1. The first-order valence-electron chi connectivity index (χ1n) is 8.92. The van der Waals surface area contributed by atoms with Gasteiger partial charge < -0.3 is 4.90 Å². The summed E-state index contributed by atoms with van der Waals surface area (Å²) in [5.74, 6) is 0. The standard InChI is InChI=1S/C21H26N2O2S/c1-22-26(24,25)18-12-13-20-17(15-18)11-10-16-7-4-5-8-19(16)21(20)9-6-14-23(2)3/h4-5,7-9,12-13,15,22H,6,10-11,14H2,1-3H3/b21-9-. The first-order chi connectivity index (χ1) is 12.4. The molecular weight excluding hydrogens is 344 g/mol. The molecule has 0 spiro atoms. The van der Waals surface area contributed by atoms with Crippen molar-refractivity contribution in [3.8, 4) is 0 Å². The molecule has 2 aromatic carbocycles. The number of aryl methyl sites for hydroxylation is 2. The van der Waals surface area contributed by atoms with Crippen molar-refractivity contribution >= 4 is 15.6 Å². The van der Waals surface area contributed by atoms with Crippen molar-refractivity contribution in [3.63, 3.8) is 0 Å². The molecule has 4 nitrogen and oxygen atoms in total. The quantitative estimate of drug-likeness (QED) is 0.880. The molecule has 0 saturated heterocycles. The molecular formula is C21H26N2O2S. The molecule has 1 aliphatic carbocycles. The lowest BCUT2D eigenvalue weighted by atomic mass is 9.93.